The summed E-state index contributed by atoms with van der Waals surface area (Å²) in [4.78, 5) is 0. The lowest BCUT2D eigenvalue weighted by molar-refractivity contribution is 0.960. The number of hydrogen-bond acceptors (Lipinski definition) is 7. The van der Waals surface area contributed by atoms with Gasteiger partial charge in [0.25, 0.3) is 0 Å². The monoisotopic (exact) mass is 587 g/mol. The third-order valence-corrected chi connectivity index (χ3v) is 5.82. The molecule has 2 N–H and O–H groups in total. The molecule has 0 aliphatic carbocycles. The molecule has 0 aliphatic rings. The Hall–Kier alpha value is -3.45. The molecule has 0 aliphatic heterocycles. The molecule has 9 nitrogen and oxygen atoms in total. The van der Waals surface area contributed by atoms with Gasteiger partial charge in [-0.3, -0.25) is 10.3 Å². The van der Waals surface area contributed by atoms with Gasteiger partial charge in [-0.2, -0.15) is 35.3 Å². The van der Waals surface area contributed by atoms with Gasteiger partial charge in [0.2, 0.25) is 0 Å². The highest BCUT2D eigenvalue weighted by Crippen LogP contribution is 2.27. The molecule has 13 heteroatoms. The van der Waals surface area contributed by atoms with Crippen molar-refractivity contribution in [3.05, 3.63) is 61.3 Å². The summed E-state index contributed by atoms with van der Waals surface area (Å²) >= 11 is 0. The van der Waals surface area contributed by atoms with Gasteiger partial charge in [0.1, 0.15) is 0 Å². The minimum Gasteiger partial charge on any atom is -0.262 e. The fraction of sp³-hybridized carbons (Fsp3) is 0.400. The second kappa shape index (κ2) is 59.0. The standard InChI is InChI=1S/5C5H7N.H2N4P4/c2*1-3-5(2)4-6;3*1-2-3-4-5-6;1-5-3-7-8-4-6-2/h3H,1-2H3;3,5H,1H2,2H3;3-4H,2H2,1H3;2-3H,4H2,1H3;2H,1,3-4H2;1-2H/b5-3-;;4-3-;3-2-;;. The molecule has 0 rings (SSSR count). The summed E-state index contributed by atoms with van der Waals surface area (Å²) in [5.41, 5.74) is 0.773. The maximum absolute atomic E-state index is 8.02. The molecule has 0 spiro atoms. The maximum Gasteiger partial charge on any atom is 0.150 e. The van der Waals surface area contributed by atoms with E-state index in [1.54, 1.807) is 32.1 Å². The Kier molecular flexibility index (Phi) is 74.1. The summed E-state index contributed by atoms with van der Waals surface area (Å²) in [6, 6.07) is 9.84. The fourth-order valence-corrected chi connectivity index (χ4v) is 2.67. The van der Waals surface area contributed by atoms with Crippen LogP contribution in [0.4, 0.5) is 0 Å². The van der Waals surface area contributed by atoms with Gasteiger partial charge in [-0.1, -0.05) is 43.4 Å². The van der Waals surface area contributed by atoms with Crippen molar-refractivity contribution in [2.45, 2.75) is 60.3 Å². The van der Waals surface area contributed by atoms with Crippen LogP contribution in [-0.4, -0.2) is 0 Å². The highest BCUT2D eigenvalue weighted by Gasteiger charge is 1.83. The molecule has 0 saturated heterocycles. The van der Waals surface area contributed by atoms with E-state index in [0.29, 0.717) is 29.9 Å². The average molecular weight is 588 g/mol. The molecular weight excluding hydrogens is 550 g/mol. The van der Waals surface area contributed by atoms with E-state index in [9.17, 15) is 0 Å². The van der Waals surface area contributed by atoms with Crippen LogP contribution < -0.4 is 0 Å². The van der Waals surface area contributed by atoms with Gasteiger partial charge in [0.05, 0.1) is 58.8 Å². The van der Waals surface area contributed by atoms with Crippen LogP contribution in [0.1, 0.15) is 60.3 Å². The first-order valence-electron chi connectivity index (χ1n) is 10.9. The normalized spacial score (nSPS) is 9.95. The van der Waals surface area contributed by atoms with Crippen LogP contribution in [0, 0.1) is 72.9 Å². The molecule has 38 heavy (non-hydrogen) atoms. The third-order valence-electron chi connectivity index (χ3n) is 2.71. The second-order valence-corrected chi connectivity index (χ2v) is 8.91. The van der Waals surface area contributed by atoms with Crippen LogP contribution in [0.3, 0.4) is 0 Å². The van der Waals surface area contributed by atoms with E-state index in [4.69, 9.17) is 36.6 Å². The predicted molar refractivity (Wildman–Crippen MR) is 163 cm³/mol. The summed E-state index contributed by atoms with van der Waals surface area (Å²) in [5.74, 6) is 0.00463. The molecule has 0 aromatic heterocycles. The molecule has 0 aromatic carbocycles. The van der Waals surface area contributed by atoms with Gasteiger partial charge in [-0.05, 0) is 40.5 Å². The van der Waals surface area contributed by atoms with Gasteiger partial charge in [-0.15, -0.1) is 13.2 Å². The lowest BCUT2D eigenvalue weighted by Gasteiger charge is -1.80. The number of nitrogens with zero attached hydrogens (tertiary/aromatic N) is 7. The highest BCUT2D eigenvalue weighted by molar-refractivity contribution is 8.03. The van der Waals surface area contributed by atoms with Gasteiger partial charge < -0.3 is 0 Å². The smallest absolute Gasteiger partial charge is 0.150 e. The minimum atomic E-state index is 0.00463. The van der Waals surface area contributed by atoms with Crippen molar-refractivity contribution in [1.29, 1.82) is 36.6 Å². The van der Waals surface area contributed by atoms with Crippen LogP contribution >= 0.6 is 33.2 Å². The highest BCUT2D eigenvalue weighted by atomic mass is 32.0. The Morgan fingerprint density at radius 1 is 0.974 bits per heavy atom. The maximum atomic E-state index is 8.02. The van der Waals surface area contributed by atoms with Crippen molar-refractivity contribution in [3.63, 3.8) is 0 Å². The third kappa shape index (κ3) is 94.2. The minimum absolute atomic E-state index is 0.00463. The van der Waals surface area contributed by atoms with E-state index in [0.717, 1.165) is 34.5 Å². The lowest BCUT2D eigenvalue weighted by Crippen LogP contribution is -1.76. The van der Waals surface area contributed by atoms with E-state index < -0.39 is 0 Å². The van der Waals surface area contributed by atoms with E-state index >= 15 is 0 Å². The van der Waals surface area contributed by atoms with Crippen molar-refractivity contribution >= 4 is 33.2 Å². The molecule has 202 valence electrons. The molecule has 0 fully saturated rings. The number of nitrogens with one attached hydrogen (secondary N) is 2. The zero-order valence-electron chi connectivity index (χ0n) is 22.8. The van der Waals surface area contributed by atoms with E-state index in [1.807, 2.05) is 69.3 Å². The van der Waals surface area contributed by atoms with Gasteiger partial charge >= 0.3 is 0 Å². The van der Waals surface area contributed by atoms with Crippen LogP contribution in [0.15, 0.2) is 70.3 Å². The molecule has 0 heterocycles. The Bertz CT molecular complexity index is 918. The molecule has 1 atom stereocenters. The van der Waals surface area contributed by atoms with Crippen LogP contribution in [-0.2, 0) is 0 Å². The number of allylic oxidation sites excluding steroid dienone is 8. The molecule has 0 aromatic rings. The zero-order chi connectivity index (χ0) is 30.7. The van der Waals surface area contributed by atoms with Crippen molar-refractivity contribution in [3.8, 4) is 30.3 Å². The van der Waals surface area contributed by atoms with Crippen LogP contribution in [0.5, 0.6) is 0 Å². The van der Waals surface area contributed by atoms with Gasteiger partial charge in [0, 0.05) is 18.1 Å². The Balaban J connectivity index is -0.0000000812. The average Bonchev–Trinajstić information content (AvgIpc) is 2.96. The summed E-state index contributed by atoms with van der Waals surface area (Å²) in [5, 5.41) is 52.8. The molecule has 1 unspecified atom stereocenters. The first kappa shape index (κ1) is 47.7. The number of nitriles is 5. The fourth-order valence-electron chi connectivity index (χ4n) is 0.701. The predicted octanol–water partition coefficient (Wildman–Crippen LogP) is 11.6. The van der Waals surface area contributed by atoms with Gasteiger partial charge in [-0.25, -0.2) is 0 Å². The first-order valence-corrected chi connectivity index (χ1v) is 15.0. The molecular formula is C25H37N9P4. The van der Waals surface area contributed by atoms with Crippen molar-refractivity contribution < 1.29 is 0 Å². The number of hydrogen-bond donors (Lipinski definition) is 2. The van der Waals surface area contributed by atoms with Crippen LogP contribution in [0.2, 0.25) is 0 Å². The summed E-state index contributed by atoms with van der Waals surface area (Å²) < 4.78 is 7.25. The van der Waals surface area contributed by atoms with E-state index in [-0.39, 0.29) is 5.92 Å². The second-order valence-electron chi connectivity index (χ2n) is 5.65. The Morgan fingerprint density at radius 3 is 1.66 bits per heavy atom. The Labute approximate surface area is 236 Å². The van der Waals surface area contributed by atoms with E-state index in [1.165, 1.54) is 6.08 Å². The summed E-state index contributed by atoms with van der Waals surface area (Å²) in [7, 11) is 2.11. The van der Waals surface area contributed by atoms with Crippen molar-refractivity contribution in [1.82, 2.24) is 0 Å². The molecule has 0 bridgehead atoms. The Morgan fingerprint density at radius 2 is 1.53 bits per heavy atom. The zero-order valence-corrected chi connectivity index (χ0v) is 26.4. The van der Waals surface area contributed by atoms with Crippen LogP contribution in [0.25, 0.3) is 0 Å². The quantitative estimate of drug-likeness (QED) is 0.123. The summed E-state index contributed by atoms with van der Waals surface area (Å²) in [6.45, 7) is 16.2. The van der Waals surface area contributed by atoms with Crippen molar-refractivity contribution in [2.75, 3.05) is 0 Å². The number of rotatable bonds is 8. The molecule has 0 saturated carbocycles. The SMILES string of the molecule is C/C=C(/C)C#N.C/C=C\CC#N.C=CC(C)C#N.C=CCCC#N.CC/C=C\C#N.N=PN=PP=NP=N. The molecule has 0 radical (unpaired) electrons. The largest absolute Gasteiger partial charge is 0.262 e. The number of unbranched alkanes of at least 4 members (excludes halogenated alkanes) is 1. The van der Waals surface area contributed by atoms with Gasteiger partial charge in [0.15, 0.2) is 17.0 Å². The topological polar surface area (TPSA) is 191 Å². The van der Waals surface area contributed by atoms with Crippen molar-refractivity contribution in [2.24, 2.45) is 14.9 Å². The molecule has 0 amide bonds. The summed E-state index contributed by atoms with van der Waals surface area (Å²) in [6.07, 6.45) is 15.0. The lowest BCUT2D eigenvalue weighted by atomic mass is 10.2. The van der Waals surface area contributed by atoms with E-state index in [2.05, 4.69) is 22.2 Å². The first-order chi connectivity index (χ1) is 18.3.